The SMILES string of the molecule is CN1C(=O)CC(NC(=O)OC(C)(C)C)c2ccccc21. The second-order valence-corrected chi connectivity index (χ2v) is 5.91. The summed E-state index contributed by atoms with van der Waals surface area (Å²) < 4.78 is 5.24. The third-order valence-electron chi connectivity index (χ3n) is 3.12. The van der Waals surface area contributed by atoms with E-state index >= 15 is 0 Å². The topological polar surface area (TPSA) is 58.6 Å². The zero-order valence-electron chi connectivity index (χ0n) is 12.3. The number of alkyl carbamates (subject to hydrolysis) is 1. The number of hydrogen-bond donors (Lipinski definition) is 1. The van der Waals surface area contributed by atoms with Crippen molar-refractivity contribution in [1.82, 2.24) is 5.32 Å². The largest absolute Gasteiger partial charge is 0.444 e. The smallest absolute Gasteiger partial charge is 0.408 e. The lowest BCUT2D eigenvalue weighted by atomic mass is 9.96. The number of benzene rings is 1. The van der Waals surface area contributed by atoms with Crippen LogP contribution >= 0.6 is 0 Å². The number of para-hydroxylation sites is 1. The Morgan fingerprint density at radius 1 is 1.35 bits per heavy atom. The summed E-state index contributed by atoms with van der Waals surface area (Å²) in [6, 6.07) is 7.21. The van der Waals surface area contributed by atoms with E-state index in [9.17, 15) is 9.59 Å². The van der Waals surface area contributed by atoms with Crippen molar-refractivity contribution in [2.45, 2.75) is 38.8 Å². The number of amides is 2. The molecule has 5 nitrogen and oxygen atoms in total. The number of fused-ring (bicyclic) bond motifs is 1. The quantitative estimate of drug-likeness (QED) is 0.857. The van der Waals surface area contributed by atoms with Crippen molar-refractivity contribution in [3.05, 3.63) is 29.8 Å². The molecule has 2 rings (SSSR count). The molecule has 1 aliphatic rings. The number of nitrogens with one attached hydrogen (secondary N) is 1. The average molecular weight is 276 g/mol. The minimum absolute atomic E-state index is 0.0234. The van der Waals surface area contributed by atoms with Crippen molar-refractivity contribution in [1.29, 1.82) is 0 Å². The predicted octanol–water partition coefficient (Wildman–Crippen LogP) is 2.62. The van der Waals surface area contributed by atoms with Crippen LogP contribution in [-0.4, -0.2) is 24.6 Å². The summed E-state index contributed by atoms with van der Waals surface area (Å²) in [6.45, 7) is 5.42. The normalized spacial score (nSPS) is 18.5. The van der Waals surface area contributed by atoms with E-state index in [4.69, 9.17) is 4.74 Å². The fourth-order valence-electron chi connectivity index (χ4n) is 2.22. The highest BCUT2D eigenvalue weighted by molar-refractivity contribution is 5.97. The van der Waals surface area contributed by atoms with E-state index in [0.29, 0.717) is 0 Å². The molecule has 1 aromatic carbocycles. The van der Waals surface area contributed by atoms with E-state index in [0.717, 1.165) is 11.3 Å². The summed E-state index contributed by atoms with van der Waals surface area (Å²) >= 11 is 0. The van der Waals surface area contributed by atoms with Crippen molar-refractivity contribution in [2.24, 2.45) is 0 Å². The monoisotopic (exact) mass is 276 g/mol. The van der Waals surface area contributed by atoms with Gasteiger partial charge in [0.15, 0.2) is 0 Å². The van der Waals surface area contributed by atoms with Crippen LogP contribution in [0.25, 0.3) is 0 Å². The molecule has 0 saturated carbocycles. The Kier molecular flexibility index (Phi) is 3.70. The van der Waals surface area contributed by atoms with Crippen LogP contribution in [-0.2, 0) is 9.53 Å². The van der Waals surface area contributed by atoms with Crippen LogP contribution in [0.1, 0.15) is 38.8 Å². The molecule has 1 atom stereocenters. The Bertz CT molecular complexity index is 534. The second-order valence-electron chi connectivity index (χ2n) is 5.91. The van der Waals surface area contributed by atoms with Crippen molar-refractivity contribution < 1.29 is 14.3 Å². The van der Waals surface area contributed by atoms with Crippen molar-refractivity contribution in [3.8, 4) is 0 Å². The molecule has 0 spiro atoms. The molecule has 0 bridgehead atoms. The highest BCUT2D eigenvalue weighted by atomic mass is 16.6. The number of carbonyl (C=O) groups excluding carboxylic acids is 2. The lowest BCUT2D eigenvalue weighted by Gasteiger charge is -2.32. The van der Waals surface area contributed by atoms with Crippen LogP contribution in [0, 0.1) is 0 Å². The molecule has 2 amide bonds. The molecule has 108 valence electrons. The van der Waals surface area contributed by atoms with E-state index in [1.807, 2.05) is 24.3 Å². The van der Waals surface area contributed by atoms with Crippen molar-refractivity contribution in [3.63, 3.8) is 0 Å². The average Bonchev–Trinajstić information content (AvgIpc) is 2.33. The highest BCUT2D eigenvalue weighted by Crippen LogP contribution is 2.33. The Morgan fingerprint density at radius 2 is 2.00 bits per heavy atom. The Balaban J connectivity index is 2.19. The van der Waals surface area contributed by atoms with E-state index in [1.54, 1.807) is 32.7 Å². The maximum Gasteiger partial charge on any atom is 0.408 e. The van der Waals surface area contributed by atoms with Gasteiger partial charge in [-0.05, 0) is 32.4 Å². The number of nitrogens with zero attached hydrogens (tertiary/aromatic N) is 1. The molecule has 0 saturated heterocycles. The first-order chi connectivity index (χ1) is 9.28. The first kappa shape index (κ1) is 14.4. The summed E-state index contributed by atoms with van der Waals surface area (Å²) in [5, 5.41) is 2.77. The third kappa shape index (κ3) is 3.10. The lowest BCUT2D eigenvalue weighted by Crippen LogP contribution is -2.41. The molecule has 1 aliphatic heterocycles. The number of anilines is 1. The Labute approximate surface area is 118 Å². The molecular formula is C15H20N2O3. The maximum atomic E-state index is 12.0. The van der Waals surface area contributed by atoms with Crippen molar-refractivity contribution in [2.75, 3.05) is 11.9 Å². The summed E-state index contributed by atoms with van der Waals surface area (Å²) in [5.41, 5.74) is 1.20. The fourth-order valence-corrected chi connectivity index (χ4v) is 2.22. The van der Waals surface area contributed by atoms with E-state index in [1.165, 1.54) is 0 Å². The van der Waals surface area contributed by atoms with E-state index < -0.39 is 11.7 Å². The van der Waals surface area contributed by atoms with Crippen LogP contribution in [0.15, 0.2) is 24.3 Å². The van der Waals surface area contributed by atoms with Gasteiger partial charge in [-0.2, -0.15) is 0 Å². The number of rotatable bonds is 1. The van der Waals surface area contributed by atoms with Crippen LogP contribution in [0.3, 0.4) is 0 Å². The molecule has 1 heterocycles. The van der Waals surface area contributed by atoms with E-state index in [2.05, 4.69) is 5.32 Å². The van der Waals surface area contributed by atoms with Crippen LogP contribution in [0.4, 0.5) is 10.5 Å². The zero-order valence-corrected chi connectivity index (χ0v) is 12.3. The molecule has 0 aromatic heterocycles. The minimum Gasteiger partial charge on any atom is -0.444 e. The van der Waals surface area contributed by atoms with Gasteiger partial charge in [0.1, 0.15) is 5.60 Å². The summed E-state index contributed by atoms with van der Waals surface area (Å²) in [5.74, 6) is -0.0234. The molecule has 0 fully saturated rings. The number of ether oxygens (including phenoxy) is 1. The van der Waals surface area contributed by atoms with Gasteiger partial charge in [-0.3, -0.25) is 4.79 Å². The second kappa shape index (κ2) is 5.15. The van der Waals surface area contributed by atoms with Gasteiger partial charge in [0.2, 0.25) is 5.91 Å². The third-order valence-corrected chi connectivity index (χ3v) is 3.12. The Morgan fingerprint density at radius 3 is 2.65 bits per heavy atom. The van der Waals surface area contributed by atoms with Crippen LogP contribution < -0.4 is 10.2 Å². The van der Waals surface area contributed by atoms with E-state index in [-0.39, 0.29) is 18.4 Å². The van der Waals surface area contributed by atoms with Gasteiger partial charge in [-0.15, -0.1) is 0 Å². The molecule has 0 aliphatic carbocycles. The predicted molar refractivity (Wildman–Crippen MR) is 76.6 cm³/mol. The van der Waals surface area contributed by atoms with Crippen molar-refractivity contribution >= 4 is 17.7 Å². The van der Waals surface area contributed by atoms with Gasteiger partial charge in [0.25, 0.3) is 0 Å². The van der Waals surface area contributed by atoms with Gasteiger partial charge in [0, 0.05) is 12.7 Å². The summed E-state index contributed by atoms with van der Waals surface area (Å²) in [4.78, 5) is 25.4. The van der Waals surface area contributed by atoms with Gasteiger partial charge in [-0.25, -0.2) is 4.79 Å². The summed E-state index contributed by atoms with van der Waals surface area (Å²) in [6.07, 6.45) is -0.262. The number of hydrogen-bond acceptors (Lipinski definition) is 3. The first-order valence-corrected chi connectivity index (χ1v) is 6.63. The number of carbonyl (C=O) groups is 2. The minimum atomic E-state index is -0.556. The Hall–Kier alpha value is -2.04. The van der Waals surface area contributed by atoms with Gasteiger partial charge in [-0.1, -0.05) is 18.2 Å². The highest BCUT2D eigenvalue weighted by Gasteiger charge is 2.30. The first-order valence-electron chi connectivity index (χ1n) is 6.63. The maximum absolute atomic E-state index is 12.0. The van der Waals surface area contributed by atoms with Gasteiger partial charge >= 0.3 is 6.09 Å². The molecule has 1 unspecified atom stereocenters. The summed E-state index contributed by atoms with van der Waals surface area (Å²) in [7, 11) is 1.74. The molecule has 1 aromatic rings. The van der Waals surface area contributed by atoms with Crippen LogP contribution in [0.5, 0.6) is 0 Å². The van der Waals surface area contributed by atoms with Gasteiger partial charge in [0.05, 0.1) is 12.5 Å². The molecule has 5 heteroatoms. The lowest BCUT2D eigenvalue weighted by molar-refractivity contribution is -0.119. The zero-order chi connectivity index (χ0) is 14.9. The molecular weight excluding hydrogens is 256 g/mol. The molecule has 20 heavy (non-hydrogen) atoms. The van der Waals surface area contributed by atoms with Gasteiger partial charge < -0.3 is 15.0 Å². The fraction of sp³-hybridized carbons (Fsp3) is 0.467. The van der Waals surface area contributed by atoms with Crippen LogP contribution in [0.2, 0.25) is 0 Å². The standard InChI is InChI=1S/C15H20N2O3/c1-15(2,3)20-14(19)16-11-9-13(18)17(4)12-8-6-5-7-10(11)12/h5-8,11H,9H2,1-4H3,(H,16,19). The molecule has 0 radical (unpaired) electrons. The molecule has 1 N–H and O–H groups in total.